The van der Waals surface area contributed by atoms with Crippen LogP contribution >= 0.6 is 0 Å². The molecule has 2 heterocycles. The fourth-order valence-electron chi connectivity index (χ4n) is 2.99. The van der Waals surface area contributed by atoms with Crippen molar-refractivity contribution in [3.8, 4) is 11.5 Å². The third kappa shape index (κ3) is 2.69. The summed E-state index contributed by atoms with van der Waals surface area (Å²) in [6, 6.07) is 8.12. The summed E-state index contributed by atoms with van der Waals surface area (Å²) in [5.74, 6) is 2.18. The predicted molar refractivity (Wildman–Crippen MR) is 72.7 cm³/mol. The van der Waals surface area contributed by atoms with Crippen LogP contribution in [0.25, 0.3) is 0 Å². The maximum Gasteiger partial charge on any atom is 0.161 e. The fourth-order valence-corrected chi connectivity index (χ4v) is 2.99. The van der Waals surface area contributed by atoms with E-state index >= 15 is 0 Å². The summed E-state index contributed by atoms with van der Waals surface area (Å²) >= 11 is 0. The number of likely N-dealkylation sites (N-methyl/N-ethyl adjacent to an activating group) is 1. The van der Waals surface area contributed by atoms with E-state index in [0.717, 1.165) is 31.1 Å². The quantitative estimate of drug-likeness (QED) is 0.903. The number of hydrogen-bond donors (Lipinski definition) is 1. The average molecular weight is 263 g/mol. The average Bonchev–Trinajstić information content (AvgIpc) is 2.49. The van der Waals surface area contributed by atoms with Gasteiger partial charge in [-0.2, -0.15) is 0 Å². The van der Waals surface area contributed by atoms with Crippen LogP contribution in [0.3, 0.4) is 0 Å². The molecule has 0 aromatic heterocycles. The molecule has 3 rings (SSSR count). The maximum atomic E-state index is 6.10. The minimum atomic E-state index is 0.0478. The Kier molecular flexibility index (Phi) is 3.89. The number of rotatable bonds is 3. The Bertz CT molecular complexity index is 418. The Morgan fingerprint density at radius 3 is 2.79 bits per heavy atom. The van der Waals surface area contributed by atoms with Crippen molar-refractivity contribution in [3.63, 3.8) is 0 Å². The third-order valence-electron chi connectivity index (χ3n) is 3.97. The van der Waals surface area contributed by atoms with Crippen LogP contribution in [0.4, 0.5) is 0 Å². The van der Waals surface area contributed by atoms with Gasteiger partial charge in [0.05, 0.1) is 12.6 Å². The van der Waals surface area contributed by atoms with E-state index in [1.165, 1.54) is 6.42 Å². The first-order valence-electron chi connectivity index (χ1n) is 7.02. The van der Waals surface area contributed by atoms with Crippen LogP contribution in [0, 0.1) is 5.92 Å². The molecule has 1 saturated heterocycles. The fraction of sp³-hybridized carbons (Fsp3) is 0.600. The molecule has 4 heteroatoms. The summed E-state index contributed by atoms with van der Waals surface area (Å²) in [6.07, 6.45) is 2.37. The summed E-state index contributed by atoms with van der Waals surface area (Å²) in [7, 11) is 1.99. The van der Waals surface area contributed by atoms with E-state index in [1.807, 2.05) is 31.3 Å². The molecule has 3 unspecified atom stereocenters. The molecule has 1 fully saturated rings. The van der Waals surface area contributed by atoms with Gasteiger partial charge >= 0.3 is 0 Å². The molecule has 1 N–H and O–H groups in total. The lowest BCUT2D eigenvalue weighted by Crippen LogP contribution is -2.52. The topological polar surface area (TPSA) is 39.7 Å². The van der Waals surface area contributed by atoms with Gasteiger partial charge in [0.2, 0.25) is 0 Å². The minimum absolute atomic E-state index is 0.0478. The van der Waals surface area contributed by atoms with Gasteiger partial charge in [0, 0.05) is 12.5 Å². The Hall–Kier alpha value is -1.26. The molecular weight excluding hydrogens is 242 g/mol. The van der Waals surface area contributed by atoms with Crippen LogP contribution in [0.15, 0.2) is 24.3 Å². The Morgan fingerprint density at radius 2 is 2.05 bits per heavy atom. The van der Waals surface area contributed by atoms with Crippen molar-refractivity contribution in [2.45, 2.75) is 25.0 Å². The lowest BCUT2D eigenvalue weighted by Gasteiger charge is -2.37. The zero-order valence-electron chi connectivity index (χ0n) is 11.3. The molecule has 0 aliphatic carbocycles. The number of hydrogen-bond acceptors (Lipinski definition) is 4. The Morgan fingerprint density at radius 1 is 1.21 bits per heavy atom. The van der Waals surface area contributed by atoms with Crippen molar-refractivity contribution >= 4 is 0 Å². The monoisotopic (exact) mass is 263 g/mol. The van der Waals surface area contributed by atoms with Crippen LogP contribution in [0.2, 0.25) is 0 Å². The molecule has 104 valence electrons. The van der Waals surface area contributed by atoms with E-state index in [1.54, 1.807) is 0 Å². The number of fused-ring (bicyclic) bond motifs is 1. The van der Waals surface area contributed by atoms with Gasteiger partial charge in [-0.15, -0.1) is 0 Å². The number of nitrogens with one attached hydrogen (secondary N) is 1. The zero-order valence-corrected chi connectivity index (χ0v) is 11.3. The molecule has 4 nitrogen and oxygen atoms in total. The first kappa shape index (κ1) is 12.8. The lowest BCUT2D eigenvalue weighted by atomic mass is 9.90. The van der Waals surface area contributed by atoms with E-state index in [-0.39, 0.29) is 12.1 Å². The van der Waals surface area contributed by atoms with Crippen molar-refractivity contribution < 1.29 is 14.2 Å². The van der Waals surface area contributed by atoms with Crippen LogP contribution in [0.1, 0.15) is 12.8 Å². The molecule has 2 aliphatic heterocycles. The predicted octanol–water partition coefficient (Wildman–Crippen LogP) is 1.84. The lowest BCUT2D eigenvalue weighted by molar-refractivity contribution is -0.00650. The van der Waals surface area contributed by atoms with Crippen LogP contribution in [-0.4, -0.2) is 39.0 Å². The van der Waals surface area contributed by atoms with Gasteiger partial charge in [0.15, 0.2) is 11.5 Å². The Balaban J connectivity index is 1.71. The molecule has 3 atom stereocenters. The van der Waals surface area contributed by atoms with Crippen molar-refractivity contribution in [1.82, 2.24) is 5.32 Å². The highest BCUT2D eigenvalue weighted by Crippen LogP contribution is 2.33. The van der Waals surface area contributed by atoms with Crippen molar-refractivity contribution in [2.24, 2.45) is 5.92 Å². The van der Waals surface area contributed by atoms with E-state index in [9.17, 15) is 0 Å². The zero-order chi connectivity index (χ0) is 13.1. The molecular formula is C15H21NO3. The first-order valence-corrected chi connectivity index (χ1v) is 7.02. The molecule has 1 aromatic carbocycles. The molecule has 19 heavy (non-hydrogen) atoms. The minimum Gasteiger partial charge on any atom is -0.486 e. The number of benzene rings is 1. The molecule has 1 aromatic rings. The van der Waals surface area contributed by atoms with Crippen molar-refractivity contribution in [1.29, 1.82) is 0 Å². The molecule has 0 amide bonds. The first-order chi connectivity index (χ1) is 9.38. The van der Waals surface area contributed by atoms with Gasteiger partial charge in [0.25, 0.3) is 0 Å². The molecule has 0 bridgehead atoms. The van der Waals surface area contributed by atoms with E-state index < -0.39 is 0 Å². The normalized spacial score (nSPS) is 27.8. The smallest absolute Gasteiger partial charge is 0.161 e. The number of para-hydroxylation sites is 2. The van der Waals surface area contributed by atoms with Gasteiger partial charge < -0.3 is 19.5 Å². The highest BCUT2D eigenvalue weighted by atomic mass is 16.6. The SMILES string of the molecule is CNC(C1CCCOC1)C1COc2ccccc2O1. The van der Waals surface area contributed by atoms with Gasteiger partial charge in [-0.25, -0.2) is 0 Å². The van der Waals surface area contributed by atoms with Crippen LogP contribution in [0.5, 0.6) is 11.5 Å². The molecule has 0 radical (unpaired) electrons. The standard InChI is InChI=1S/C15H21NO3/c1-16-15(11-5-4-8-17-9-11)14-10-18-12-6-2-3-7-13(12)19-14/h2-3,6-7,11,14-16H,4-5,8-10H2,1H3. The summed E-state index contributed by atoms with van der Waals surface area (Å²) in [5, 5.41) is 3.39. The van der Waals surface area contributed by atoms with Crippen LogP contribution in [-0.2, 0) is 4.74 Å². The second-order valence-corrected chi connectivity index (χ2v) is 5.21. The highest BCUT2D eigenvalue weighted by Gasteiger charge is 2.34. The van der Waals surface area contributed by atoms with Gasteiger partial charge in [0.1, 0.15) is 12.7 Å². The summed E-state index contributed by atoms with van der Waals surface area (Å²) in [6.45, 7) is 2.30. The summed E-state index contributed by atoms with van der Waals surface area (Å²) in [4.78, 5) is 0. The number of ether oxygens (including phenoxy) is 3. The largest absolute Gasteiger partial charge is 0.486 e. The maximum absolute atomic E-state index is 6.10. The van der Waals surface area contributed by atoms with E-state index in [2.05, 4.69) is 5.32 Å². The molecule has 0 saturated carbocycles. The van der Waals surface area contributed by atoms with Gasteiger partial charge in [-0.3, -0.25) is 0 Å². The van der Waals surface area contributed by atoms with Crippen molar-refractivity contribution in [3.05, 3.63) is 24.3 Å². The van der Waals surface area contributed by atoms with Gasteiger partial charge in [-0.1, -0.05) is 12.1 Å². The third-order valence-corrected chi connectivity index (χ3v) is 3.97. The van der Waals surface area contributed by atoms with Gasteiger partial charge in [-0.05, 0) is 32.0 Å². The second-order valence-electron chi connectivity index (χ2n) is 5.21. The molecule has 0 spiro atoms. The summed E-state index contributed by atoms with van der Waals surface area (Å²) < 4.78 is 17.5. The van der Waals surface area contributed by atoms with Crippen LogP contribution < -0.4 is 14.8 Å². The Labute approximate surface area is 114 Å². The van der Waals surface area contributed by atoms with E-state index in [4.69, 9.17) is 14.2 Å². The van der Waals surface area contributed by atoms with Crippen molar-refractivity contribution in [2.75, 3.05) is 26.9 Å². The highest BCUT2D eigenvalue weighted by molar-refractivity contribution is 5.40. The van der Waals surface area contributed by atoms with E-state index in [0.29, 0.717) is 12.5 Å². The summed E-state index contributed by atoms with van der Waals surface area (Å²) in [5.41, 5.74) is 0. The molecule has 2 aliphatic rings. The second kappa shape index (κ2) is 5.80.